The zero-order chi connectivity index (χ0) is 13.2. The Morgan fingerprint density at radius 1 is 1.47 bits per heavy atom. The van der Waals surface area contributed by atoms with Crippen LogP contribution in [0, 0.1) is 6.92 Å². The molecular weight excluding hydrogens is 222 g/mol. The van der Waals surface area contributed by atoms with Crippen molar-refractivity contribution in [2.24, 2.45) is 7.05 Å². The largest absolute Gasteiger partial charge is 0.467 e. The molecule has 1 rings (SSSR count). The monoisotopic (exact) mass is 239 g/mol. The van der Waals surface area contributed by atoms with Gasteiger partial charge in [-0.2, -0.15) is 5.10 Å². The molecule has 0 aliphatic carbocycles. The lowest BCUT2D eigenvalue weighted by Gasteiger charge is -2.22. The Bertz CT molecular complexity index is 449. The molecule has 1 N–H and O–H groups in total. The quantitative estimate of drug-likeness (QED) is 0.775. The maximum atomic E-state index is 11.9. The zero-order valence-electron chi connectivity index (χ0n) is 10.7. The van der Waals surface area contributed by atoms with Crippen molar-refractivity contribution in [1.29, 1.82) is 0 Å². The van der Waals surface area contributed by atoms with Gasteiger partial charge in [-0.15, -0.1) is 0 Å². The number of nitrogens with one attached hydrogen (secondary N) is 1. The molecule has 6 nitrogen and oxygen atoms in total. The molecule has 1 aromatic heterocycles. The molecule has 0 unspecified atom stereocenters. The van der Waals surface area contributed by atoms with Gasteiger partial charge in [0.05, 0.1) is 12.8 Å². The fourth-order valence-corrected chi connectivity index (χ4v) is 1.48. The molecule has 0 aromatic carbocycles. The number of amides is 1. The Balaban J connectivity index is 2.86. The van der Waals surface area contributed by atoms with Gasteiger partial charge in [-0.3, -0.25) is 9.48 Å². The Hall–Kier alpha value is -1.85. The molecule has 0 atom stereocenters. The fraction of sp³-hybridized carbons (Fsp3) is 0.545. The van der Waals surface area contributed by atoms with Gasteiger partial charge in [0, 0.05) is 7.05 Å². The molecule has 0 aliphatic heterocycles. The lowest BCUT2D eigenvalue weighted by atomic mass is 10.1. The first-order chi connectivity index (χ1) is 7.77. The van der Waals surface area contributed by atoms with Crippen LogP contribution in [0.4, 0.5) is 0 Å². The minimum atomic E-state index is -1.07. The number of nitrogens with zero attached hydrogens (tertiary/aromatic N) is 2. The summed E-state index contributed by atoms with van der Waals surface area (Å²) in [4.78, 5) is 23.4. The van der Waals surface area contributed by atoms with Crippen LogP contribution in [0.1, 0.15) is 30.0 Å². The highest BCUT2D eigenvalue weighted by atomic mass is 16.5. The van der Waals surface area contributed by atoms with E-state index in [0.29, 0.717) is 5.69 Å². The Labute approximate surface area is 99.9 Å². The average Bonchev–Trinajstić information content (AvgIpc) is 2.56. The summed E-state index contributed by atoms with van der Waals surface area (Å²) in [6, 6.07) is 1.66. The van der Waals surface area contributed by atoms with Crippen molar-refractivity contribution in [3.63, 3.8) is 0 Å². The maximum Gasteiger partial charge on any atom is 0.330 e. The van der Waals surface area contributed by atoms with Crippen molar-refractivity contribution in [3.05, 3.63) is 17.5 Å². The zero-order valence-corrected chi connectivity index (χ0v) is 10.7. The smallest absolute Gasteiger partial charge is 0.330 e. The van der Waals surface area contributed by atoms with Gasteiger partial charge in [0.1, 0.15) is 11.2 Å². The van der Waals surface area contributed by atoms with Gasteiger partial charge < -0.3 is 10.1 Å². The van der Waals surface area contributed by atoms with E-state index in [9.17, 15) is 9.59 Å². The first-order valence-corrected chi connectivity index (χ1v) is 5.19. The van der Waals surface area contributed by atoms with Gasteiger partial charge in [-0.1, -0.05) is 0 Å². The average molecular weight is 239 g/mol. The van der Waals surface area contributed by atoms with E-state index in [2.05, 4.69) is 15.2 Å². The van der Waals surface area contributed by atoms with E-state index in [1.807, 2.05) is 0 Å². The number of methoxy groups -OCH3 is 1. The molecule has 6 heteroatoms. The summed E-state index contributed by atoms with van der Waals surface area (Å²) in [6.45, 7) is 4.96. The number of hydrogen-bond acceptors (Lipinski definition) is 4. The minimum Gasteiger partial charge on any atom is -0.467 e. The number of aryl methyl sites for hydroxylation is 2. The molecule has 1 aromatic rings. The van der Waals surface area contributed by atoms with Crippen LogP contribution in [0.3, 0.4) is 0 Å². The third-order valence-electron chi connectivity index (χ3n) is 2.36. The van der Waals surface area contributed by atoms with E-state index in [1.165, 1.54) is 11.8 Å². The second-order valence-electron chi connectivity index (χ2n) is 4.37. The van der Waals surface area contributed by atoms with Crippen molar-refractivity contribution in [2.45, 2.75) is 26.3 Å². The van der Waals surface area contributed by atoms with Crippen LogP contribution in [-0.2, 0) is 16.6 Å². The van der Waals surface area contributed by atoms with Crippen LogP contribution in [0.15, 0.2) is 6.07 Å². The molecule has 0 saturated heterocycles. The normalized spacial score (nSPS) is 11.1. The van der Waals surface area contributed by atoms with Gasteiger partial charge in [-0.25, -0.2) is 4.79 Å². The maximum absolute atomic E-state index is 11.9. The van der Waals surface area contributed by atoms with Crippen molar-refractivity contribution < 1.29 is 14.3 Å². The van der Waals surface area contributed by atoms with Crippen molar-refractivity contribution in [3.8, 4) is 0 Å². The van der Waals surface area contributed by atoms with Gasteiger partial charge in [-0.05, 0) is 26.8 Å². The molecule has 1 amide bonds. The highest BCUT2D eigenvalue weighted by Crippen LogP contribution is 2.08. The van der Waals surface area contributed by atoms with Crippen molar-refractivity contribution in [2.75, 3.05) is 7.11 Å². The number of rotatable bonds is 3. The van der Waals surface area contributed by atoms with Gasteiger partial charge in [0.2, 0.25) is 0 Å². The summed E-state index contributed by atoms with van der Waals surface area (Å²) in [6.07, 6.45) is 0. The molecule has 0 aliphatic rings. The molecule has 0 saturated carbocycles. The number of esters is 1. The van der Waals surface area contributed by atoms with E-state index in [4.69, 9.17) is 0 Å². The highest BCUT2D eigenvalue weighted by molar-refractivity contribution is 5.96. The fourth-order valence-electron chi connectivity index (χ4n) is 1.48. The second kappa shape index (κ2) is 4.57. The van der Waals surface area contributed by atoms with E-state index < -0.39 is 11.5 Å². The standard InChI is InChI=1S/C11H17N3O3/c1-7-6-8(14(4)13-7)9(15)12-11(2,3)10(16)17-5/h6H,1-5H3,(H,12,15). The molecule has 1 heterocycles. The summed E-state index contributed by atoms with van der Waals surface area (Å²) in [7, 11) is 2.96. The Morgan fingerprint density at radius 3 is 2.47 bits per heavy atom. The summed E-state index contributed by atoms with van der Waals surface area (Å²) in [5.41, 5.74) is 0.0808. The second-order valence-corrected chi connectivity index (χ2v) is 4.37. The minimum absolute atomic E-state index is 0.358. The number of aromatic nitrogens is 2. The predicted octanol–water partition coefficient (Wildman–Crippen LogP) is 0.410. The lowest BCUT2D eigenvalue weighted by molar-refractivity contribution is -0.146. The predicted molar refractivity (Wildman–Crippen MR) is 61.5 cm³/mol. The van der Waals surface area contributed by atoms with E-state index >= 15 is 0 Å². The summed E-state index contributed by atoms with van der Waals surface area (Å²) in [5, 5.41) is 6.67. The van der Waals surface area contributed by atoms with Crippen LogP contribution in [0.25, 0.3) is 0 Å². The number of carbonyl (C=O) groups excluding carboxylic acids is 2. The molecule has 0 fully saturated rings. The van der Waals surface area contributed by atoms with Crippen molar-refractivity contribution in [1.82, 2.24) is 15.1 Å². The number of carbonyl (C=O) groups is 2. The molecule has 94 valence electrons. The van der Waals surface area contributed by atoms with Gasteiger partial charge >= 0.3 is 5.97 Å². The summed E-state index contributed by atoms with van der Waals surface area (Å²) >= 11 is 0. The van der Waals surface area contributed by atoms with Gasteiger partial charge in [0.25, 0.3) is 5.91 Å². The molecular formula is C11H17N3O3. The first-order valence-electron chi connectivity index (χ1n) is 5.19. The van der Waals surface area contributed by atoms with Crippen LogP contribution < -0.4 is 5.32 Å². The van der Waals surface area contributed by atoms with Crippen LogP contribution >= 0.6 is 0 Å². The number of ether oxygens (including phenoxy) is 1. The molecule has 0 spiro atoms. The third kappa shape index (κ3) is 2.83. The van der Waals surface area contributed by atoms with E-state index in [-0.39, 0.29) is 5.91 Å². The summed E-state index contributed by atoms with van der Waals surface area (Å²) in [5.74, 6) is -0.853. The highest BCUT2D eigenvalue weighted by Gasteiger charge is 2.31. The van der Waals surface area contributed by atoms with Crippen LogP contribution in [-0.4, -0.2) is 34.3 Å². The van der Waals surface area contributed by atoms with E-state index in [0.717, 1.165) is 5.69 Å². The molecule has 0 radical (unpaired) electrons. The topological polar surface area (TPSA) is 73.2 Å². The SMILES string of the molecule is COC(=O)C(C)(C)NC(=O)c1cc(C)nn1C. The molecule has 17 heavy (non-hydrogen) atoms. The van der Waals surface area contributed by atoms with Gasteiger partial charge in [0.15, 0.2) is 0 Å². The number of hydrogen-bond donors (Lipinski definition) is 1. The van der Waals surface area contributed by atoms with Crippen LogP contribution in [0.2, 0.25) is 0 Å². The van der Waals surface area contributed by atoms with Crippen molar-refractivity contribution >= 4 is 11.9 Å². The third-order valence-corrected chi connectivity index (χ3v) is 2.36. The lowest BCUT2D eigenvalue weighted by Crippen LogP contribution is -2.50. The first kappa shape index (κ1) is 13.2. The Morgan fingerprint density at radius 2 is 2.06 bits per heavy atom. The van der Waals surface area contributed by atoms with E-state index in [1.54, 1.807) is 33.9 Å². The summed E-state index contributed by atoms with van der Waals surface area (Å²) < 4.78 is 6.08. The van der Waals surface area contributed by atoms with Crippen LogP contribution in [0.5, 0.6) is 0 Å². The Kier molecular flexibility index (Phi) is 3.55. The molecule has 0 bridgehead atoms.